The molecule has 0 aliphatic rings. The Balaban J connectivity index is 1.91. The van der Waals surface area contributed by atoms with Crippen LogP contribution in [0.2, 0.25) is 0 Å². The Morgan fingerprint density at radius 1 is 1.21 bits per heavy atom. The van der Waals surface area contributed by atoms with Crippen LogP contribution in [0.1, 0.15) is 25.0 Å². The van der Waals surface area contributed by atoms with E-state index in [2.05, 4.69) is 22.4 Å². The average Bonchev–Trinajstić information content (AvgIpc) is 2.75. The molecule has 0 unspecified atom stereocenters. The number of nitrogens with zero attached hydrogens (tertiary/aromatic N) is 3. The Hall–Kier alpha value is -2.04. The molecule has 5 nitrogen and oxygen atoms in total. The highest BCUT2D eigenvalue weighted by Crippen LogP contribution is 2.16. The van der Waals surface area contributed by atoms with Gasteiger partial charge in [0.25, 0.3) is 0 Å². The Bertz CT molecular complexity index is 519. The van der Waals surface area contributed by atoms with Crippen molar-refractivity contribution in [2.45, 2.75) is 26.8 Å². The average molecular weight is 260 g/mol. The van der Waals surface area contributed by atoms with Crippen LogP contribution in [-0.2, 0) is 13.6 Å². The fourth-order valence-electron chi connectivity index (χ4n) is 1.67. The van der Waals surface area contributed by atoms with Crippen molar-refractivity contribution in [1.29, 1.82) is 0 Å². The fraction of sp³-hybridized carbons (Fsp3) is 0.429. The van der Waals surface area contributed by atoms with Gasteiger partial charge in [-0.1, -0.05) is 6.92 Å². The second-order valence-electron chi connectivity index (χ2n) is 4.45. The summed E-state index contributed by atoms with van der Waals surface area (Å²) >= 11 is 0. The van der Waals surface area contributed by atoms with Crippen molar-refractivity contribution < 1.29 is 4.74 Å². The van der Waals surface area contributed by atoms with E-state index in [9.17, 15) is 0 Å². The monoisotopic (exact) mass is 260 g/mol. The molecule has 0 bridgehead atoms. The van der Waals surface area contributed by atoms with Crippen LogP contribution in [0.4, 0.5) is 5.69 Å². The molecule has 102 valence electrons. The molecule has 2 aromatic rings. The third kappa shape index (κ3) is 3.47. The standard InChI is InChI=1S/C14H20N4O/c1-4-9-19-13-7-5-12(6-8-13)15-10-14-17-16-11(2)18(14)3/h5-8,15H,4,9-10H2,1-3H3. The summed E-state index contributed by atoms with van der Waals surface area (Å²) in [5, 5.41) is 11.5. The van der Waals surface area contributed by atoms with Gasteiger partial charge in [-0.05, 0) is 37.6 Å². The van der Waals surface area contributed by atoms with E-state index < -0.39 is 0 Å². The summed E-state index contributed by atoms with van der Waals surface area (Å²) < 4.78 is 7.52. The minimum atomic E-state index is 0.659. The summed E-state index contributed by atoms with van der Waals surface area (Å²) in [6.07, 6.45) is 1.02. The second-order valence-corrected chi connectivity index (χ2v) is 4.45. The lowest BCUT2D eigenvalue weighted by atomic mass is 10.3. The summed E-state index contributed by atoms with van der Waals surface area (Å²) in [6.45, 7) is 5.45. The van der Waals surface area contributed by atoms with Gasteiger partial charge in [0, 0.05) is 12.7 Å². The van der Waals surface area contributed by atoms with Gasteiger partial charge in [-0.3, -0.25) is 0 Å². The zero-order chi connectivity index (χ0) is 13.7. The zero-order valence-electron chi connectivity index (χ0n) is 11.7. The molecule has 0 amide bonds. The minimum Gasteiger partial charge on any atom is -0.494 e. The van der Waals surface area contributed by atoms with Crippen LogP contribution >= 0.6 is 0 Å². The van der Waals surface area contributed by atoms with E-state index in [0.717, 1.165) is 36.1 Å². The van der Waals surface area contributed by atoms with Gasteiger partial charge in [0.1, 0.15) is 11.6 Å². The molecule has 0 fully saturated rings. The molecule has 5 heteroatoms. The van der Waals surface area contributed by atoms with Crippen molar-refractivity contribution in [2.75, 3.05) is 11.9 Å². The molecular formula is C14H20N4O. The number of anilines is 1. The molecule has 0 aliphatic carbocycles. The van der Waals surface area contributed by atoms with Crippen molar-refractivity contribution in [2.24, 2.45) is 7.05 Å². The first kappa shape index (κ1) is 13.4. The molecule has 0 saturated heterocycles. The Morgan fingerprint density at radius 2 is 1.95 bits per heavy atom. The van der Waals surface area contributed by atoms with Crippen LogP contribution in [0.25, 0.3) is 0 Å². The van der Waals surface area contributed by atoms with E-state index in [0.29, 0.717) is 6.54 Å². The van der Waals surface area contributed by atoms with Gasteiger partial charge in [-0.25, -0.2) is 0 Å². The summed E-state index contributed by atoms with van der Waals surface area (Å²) in [5.74, 6) is 2.74. The summed E-state index contributed by atoms with van der Waals surface area (Å²) in [7, 11) is 1.97. The summed E-state index contributed by atoms with van der Waals surface area (Å²) in [4.78, 5) is 0. The fourth-order valence-corrected chi connectivity index (χ4v) is 1.67. The van der Waals surface area contributed by atoms with Crippen LogP contribution in [0.3, 0.4) is 0 Å². The van der Waals surface area contributed by atoms with Crippen LogP contribution in [0.5, 0.6) is 5.75 Å². The van der Waals surface area contributed by atoms with Crippen LogP contribution in [-0.4, -0.2) is 21.4 Å². The van der Waals surface area contributed by atoms with E-state index in [1.165, 1.54) is 0 Å². The van der Waals surface area contributed by atoms with E-state index in [-0.39, 0.29) is 0 Å². The predicted octanol–water partition coefficient (Wildman–Crippen LogP) is 2.52. The van der Waals surface area contributed by atoms with Crippen molar-refractivity contribution in [3.05, 3.63) is 35.9 Å². The molecule has 1 aromatic heterocycles. The highest BCUT2D eigenvalue weighted by Gasteiger charge is 2.04. The lowest BCUT2D eigenvalue weighted by Crippen LogP contribution is -2.06. The molecular weight excluding hydrogens is 240 g/mol. The van der Waals surface area contributed by atoms with Crippen LogP contribution in [0, 0.1) is 6.92 Å². The first-order valence-corrected chi connectivity index (χ1v) is 6.52. The number of nitrogens with one attached hydrogen (secondary N) is 1. The molecule has 0 radical (unpaired) electrons. The van der Waals surface area contributed by atoms with Gasteiger partial charge in [0.2, 0.25) is 0 Å². The van der Waals surface area contributed by atoms with Crippen LogP contribution in [0.15, 0.2) is 24.3 Å². The lowest BCUT2D eigenvalue weighted by molar-refractivity contribution is 0.317. The minimum absolute atomic E-state index is 0.659. The third-order valence-electron chi connectivity index (χ3n) is 2.96. The van der Waals surface area contributed by atoms with Gasteiger partial charge in [-0.2, -0.15) is 0 Å². The molecule has 1 heterocycles. The van der Waals surface area contributed by atoms with E-state index in [1.807, 2.05) is 42.8 Å². The van der Waals surface area contributed by atoms with E-state index in [4.69, 9.17) is 4.74 Å². The number of hydrogen-bond donors (Lipinski definition) is 1. The number of aryl methyl sites for hydroxylation is 1. The topological polar surface area (TPSA) is 52.0 Å². The first-order valence-electron chi connectivity index (χ1n) is 6.52. The number of ether oxygens (including phenoxy) is 1. The maximum absolute atomic E-state index is 5.54. The van der Waals surface area contributed by atoms with Gasteiger partial charge in [0.05, 0.1) is 13.2 Å². The molecule has 1 N–H and O–H groups in total. The van der Waals surface area contributed by atoms with Crippen molar-refractivity contribution >= 4 is 5.69 Å². The van der Waals surface area contributed by atoms with Crippen molar-refractivity contribution in [3.8, 4) is 5.75 Å². The Labute approximate surface area is 113 Å². The third-order valence-corrected chi connectivity index (χ3v) is 2.96. The summed E-state index contributed by atoms with van der Waals surface area (Å²) in [5.41, 5.74) is 1.05. The Kier molecular flexibility index (Phi) is 4.39. The van der Waals surface area contributed by atoms with E-state index >= 15 is 0 Å². The highest BCUT2D eigenvalue weighted by molar-refractivity contribution is 5.46. The predicted molar refractivity (Wildman–Crippen MR) is 75.3 cm³/mol. The lowest BCUT2D eigenvalue weighted by Gasteiger charge is -2.08. The molecule has 19 heavy (non-hydrogen) atoms. The molecule has 2 rings (SSSR count). The summed E-state index contributed by atoms with van der Waals surface area (Å²) in [6, 6.07) is 7.96. The number of rotatable bonds is 6. The molecule has 0 spiro atoms. The van der Waals surface area contributed by atoms with Gasteiger partial charge in [0.15, 0.2) is 5.82 Å². The number of aromatic nitrogens is 3. The molecule has 0 aliphatic heterocycles. The number of hydrogen-bond acceptors (Lipinski definition) is 4. The second kappa shape index (κ2) is 6.22. The molecule has 0 atom stereocenters. The molecule has 0 saturated carbocycles. The van der Waals surface area contributed by atoms with Crippen LogP contribution < -0.4 is 10.1 Å². The van der Waals surface area contributed by atoms with Gasteiger partial charge >= 0.3 is 0 Å². The van der Waals surface area contributed by atoms with Crippen molar-refractivity contribution in [1.82, 2.24) is 14.8 Å². The van der Waals surface area contributed by atoms with Crippen molar-refractivity contribution in [3.63, 3.8) is 0 Å². The molecule has 1 aromatic carbocycles. The Morgan fingerprint density at radius 3 is 2.53 bits per heavy atom. The maximum Gasteiger partial charge on any atom is 0.152 e. The normalized spacial score (nSPS) is 10.5. The quantitative estimate of drug-likeness (QED) is 0.867. The maximum atomic E-state index is 5.54. The number of benzene rings is 1. The highest BCUT2D eigenvalue weighted by atomic mass is 16.5. The van der Waals surface area contributed by atoms with E-state index in [1.54, 1.807) is 0 Å². The first-order chi connectivity index (χ1) is 9.20. The van der Waals surface area contributed by atoms with Gasteiger partial charge in [-0.15, -0.1) is 10.2 Å². The SMILES string of the molecule is CCCOc1ccc(NCc2nnc(C)n2C)cc1. The van der Waals surface area contributed by atoms with Gasteiger partial charge < -0.3 is 14.6 Å². The zero-order valence-corrected chi connectivity index (χ0v) is 11.7. The smallest absolute Gasteiger partial charge is 0.152 e. The largest absolute Gasteiger partial charge is 0.494 e.